The van der Waals surface area contributed by atoms with Crippen molar-refractivity contribution in [3.63, 3.8) is 0 Å². The molecule has 4 rings (SSSR count). The van der Waals surface area contributed by atoms with Crippen LogP contribution in [0.15, 0.2) is 83.8 Å². The van der Waals surface area contributed by atoms with Crippen molar-refractivity contribution in [2.75, 3.05) is 13.1 Å². The second kappa shape index (κ2) is 11.8. The number of benzene rings is 3. The maximum Gasteiger partial charge on any atom is 0.269 e. The second-order valence-electron chi connectivity index (χ2n) is 9.77. The van der Waals surface area contributed by atoms with E-state index >= 15 is 0 Å². The third-order valence-electron chi connectivity index (χ3n) is 6.45. The number of halogens is 1. The minimum atomic E-state index is -4.27. The molecule has 0 bridgehead atoms. The molecule has 3 amide bonds. The number of hydrogen-bond acceptors (Lipinski definition) is 5. The molecule has 0 saturated heterocycles. The van der Waals surface area contributed by atoms with Gasteiger partial charge in [0.1, 0.15) is 23.3 Å². The smallest absolute Gasteiger partial charge is 0.269 e. The summed E-state index contributed by atoms with van der Waals surface area (Å²) in [6.07, 6.45) is 0.103. The molecule has 39 heavy (non-hydrogen) atoms. The first kappa shape index (κ1) is 28.0. The molecule has 0 saturated carbocycles. The summed E-state index contributed by atoms with van der Waals surface area (Å²) in [6.45, 7) is 3.08. The van der Waals surface area contributed by atoms with Crippen molar-refractivity contribution in [1.29, 1.82) is 0 Å². The quantitative estimate of drug-likeness (QED) is 0.416. The van der Waals surface area contributed by atoms with E-state index in [-0.39, 0.29) is 34.9 Å². The summed E-state index contributed by atoms with van der Waals surface area (Å²) in [7, 11) is -4.27. The van der Waals surface area contributed by atoms with Crippen molar-refractivity contribution < 1.29 is 27.2 Å². The minimum absolute atomic E-state index is 0.0264. The maximum absolute atomic E-state index is 14.7. The van der Waals surface area contributed by atoms with Crippen LogP contribution in [0.1, 0.15) is 35.3 Å². The number of carbonyl (C=O) groups excluding carboxylic acids is 3. The van der Waals surface area contributed by atoms with E-state index in [1.807, 2.05) is 19.9 Å². The predicted octanol–water partition coefficient (Wildman–Crippen LogP) is 3.38. The Morgan fingerprint density at radius 3 is 2.26 bits per heavy atom. The van der Waals surface area contributed by atoms with E-state index in [0.29, 0.717) is 10.8 Å². The Kier molecular flexibility index (Phi) is 8.44. The molecule has 3 aromatic carbocycles. The van der Waals surface area contributed by atoms with Crippen LogP contribution >= 0.6 is 0 Å². The van der Waals surface area contributed by atoms with Crippen LogP contribution in [0, 0.1) is 11.7 Å². The largest absolute Gasteiger partial charge is 0.354 e. The molecular weight excluding hydrogens is 521 g/mol. The summed E-state index contributed by atoms with van der Waals surface area (Å²) in [4.78, 5) is 41.3. The van der Waals surface area contributed by atoms with Gasteiger partial charge in [0, 0.05) is 25.1 Å². The Bertz CT molecular complexity index is 1480. The molecule has 0 spiro atoms. The van der Waals surface area contributed by atoms with Gasteiger partial charge in [-0.15, -0.1) is 0 Å². The third-order valence-corrected chi connectivity index (χ3v) is 8.23. The van der Waals surface area contributed by atoms with Crippen LogP contribution in [-0.4, -0.2) is 54.5 Å². The second-order valence-corrected chi connectivity index (χ2v) is 11.6. The Labute approximate surface area is 227 Å². The molecule has 10 heteroatoms. The van der Waals surface area contributed by atoms with Crippen molar-refractivity contribution in [3.8, 4) is 0 Å². The van der Waals surface area contributed by atoms with E-state index < -0.39 is 46.1 Å². The Balaban J connectivity index is 1.72. The molecule has 0 unspecified atom stereocenters. The monoisotopic (exact) mass is 551 g/mol. The van der Waals surface area contributed by atoms with Crippen LogP contribution in [0.3, 0.4) is 0 Å². The van der Waals surface area contributed by atoms with E-state index in [1.165, 1.54) is 42.5 Å². The number of sulfonamides is 1. The number of nitrogens with one attached hydrogen (secondary N) is 1. The molecule has 1 heterocycles. The molecule has 0 aliphatic carbocycles. The maximum atomic E-state index is 14.7. The fraction of sp³-hybridized carbons (Fsp3) is 0.276. The Morgan fingerprint density at radius 1 is 0.949 bits per heavy atom. The van der Waals surface area contributed by atoms with Crippen molar-refractivity contribution >= 4 is 27.7 Å². The van der Waals surface area contributed by atoms with Gasteiger partial charge >= 0.3 is 0 Å². The summed E-state index contributed by atoms with van der Waals surface area (Å²) >= 11 is 0. The summed E-state index contributed by atoms with van der Waals surface area (Å²) in [5, 5.41) is 2.85. The average molecular weight is 552 g/mol. The zero-order chi connectivity index (χ0) is 28.2. The number of fused-ring (bicyclic) bond motifs is 1. The molecule has 1 N–H and O–H groups in total. The van der Waals surface area contributed by atoms with Gasteiger partial charge < -0.3 is 10.2 Å². The predicted molar refractivity (Wildman–Crippen MR) is 143 cm³/mol. The van der Waals surface area contributed by atoms with E-state index in [2.05, 4.69) is 5.32 Å². The van der Waals surface area contributed by atoms with E-state index in [9.17, 15) is 27.2 Å². The standard InChI is InChI=1S/C29H30FN3O5S/c1-20(2)17-31-28(35)25(16-21-10-4-3-5-11-21)32(18-22-12-6-8-14-24(22)30)27(34)19-33-29(36)23-13-7-9-15-26(23)39(33,37)38/h3-15,20,25H,16-19H2,1-2H3,(H,31,35)/t25-/m0/s1. The molecular formula is C29H30FN3O5S. The highest BCUT2D eigenvalue weighted by atomic mass is 32.2. The van der Waals surface area contributed by atoms with Crippen LogP contribution < -0.4 is 5.32 Å². The summed E-state index contributed by atoms with van der Waals surface area (Å²) < 4.78 is 41.5. The first-order chi connectivity index (χ1) is 18.6. The number of rotatable bonds is 10. The molecule has 3 aromatic rings. The van der Waals surface area contributed by atoms with Gasteiger partial charge in [-0.25, -0.2) is 17.1 Å². The van der Waals surface area contributed by atoms with Gasteiger partial charge in [0.15, 0.2) is 0 Å². The average Bonchev–Trinajstić information content (AvgIpc) is 3.11. The first-order valence-electron chi connectivity index (χ1n) is 12.6. The summed E-state index contributed by atoms with van der Waals surface area (Å²) in [5.41, 5.74) is 0.881. The van der Waals surface area contributed by atoms with Crippen molar-refractivity contribution in [2.24, 2.45) is 5.92 Å². The summed E-state index contributed by atoms with van der Waals surface area (Å²) in [6, 6.07) is 19.5. The highest BCUT2D eigenvalue weighted by Gasteiger charge is 2.43. The highest BCUT2D eigenvalue weighted by molar-refractivity contribution is 7.90. The molecule has 1 atom stereocenters. The van der Waals surface area contributed by atoms with E-state index in [0.717, 1.165) is 10.5 Å². The molecule has 8 nitrogen and oxygen atoms in total. The lowest BCUT2D eigenvalue weighted by atomic mass is 10.0. The number of nitrogens with zero attached hydrogens (tertiary/aromatic N) is 2. The number of amides is 3. The SMILES string of the molecule is CC(C)CNC(=O)[C@H](Cc1ccccc1)N(Cc1ccccc1F)C(=O)CN1C(=O)c2ccccc2S1(=O)=O. The third kappa shape index (κ3) is 6.17. The Morgan fingerprint density at radius 2 is 1.59 bits per heavy atom. The minimum Gasteiger partial charge on any atom is -0.354 e. The van der Waals surface area contributed by atoms with Crippen molar-refractivity contribution in [3.05, 3.63) is 101 Å². The molecule has 0 fully saturated rings. The van der Waals surface area contributed by atoms with Crippen molar-refractivity contribution in [1.82, 2.24) is 14.5 Å². The van der Waals surface area contributed by atoms with Gasteiger partial charge in [0.2, 0.25) is 11.8 Å². The van der Waals surface area contributed by atoms with Gasteiger partial charge in [-0.3, -0.25) is 14.4 Å². The zero-order valence-electron chi connectivity index (χ0n) is 21.7. The van der Waals surface area contributed by atoms with Gasteiger partial charge in [-0.05, 0) is 29.7 Å². The first-order valence-corrected chi connectivity index (χ1v) is 14.0. The van der Waals surface area contributed by atoms with Gasteiger partial charge in [-0.1, -0.05) is 74.5 Å². The van der Waals surface area contributed by atoms with Crippen LogP contribution in [0.5, 0.6) is 0 Å². The molecule has 0 aromatic heterocycles. The molecule has 1 aliphatic rings. The van der Waals surface area contributed by atoms with Crippen LogP contribution in [-0.2, 0) is 32.6 Å². The highest BCUT2D eigenvalue weighted by Crippen LogP contribution is 2.30. The van der Waals surface area contributed by atoms with Gasteiger partial charge in [0.25, 0.3) is 15.9 Å². The van der Waals surface area contributed by atoms with Gasteiger partial charge in [0.05, 0.1) is 5.56 Å². The van der Waals surface area contributed by atoms with Crippen LogP contribution in [0.2, 0.25) is 0 Å². The van der Waals surface area contributed by atoms with Crippen molar-refractivity contribution in [2.45, 2.75) is 37.8 Å². The van der Waals surface area contributed by atoms with E-state index in [4.69, 9.17) is 0 Å². The number of hydrogen-bond donors (Lipinski definition) is 1. The lowest BCUT2D eigenvalue weighted by Crippen LogP contribution is -2.53. The topological polar surface area (TPSA) is 104 Å². The molecule has 0 radical (unpaired) electrons. The fourth-order valence-corrected chi connectivity index (χ4v) is 5.91. The van der Waals surface area contributed by atoms with Crippen LogP contribution in [0.4, 0.5) is 4.39 Å². The molecule has 1 aliphatic heterocycles. The van der Waals surface area contributed by atoms with Gasteiger partial charge in [-0.2, -0.15) is 0 Å². The van der Waals surface area contributed by atoms with E-state index in [1.54, 1.807) is 30.3 Å². The lowest BCUT2D eigenvalue weighted by Gasteiger charge is -2.32. The summed E-state index contributed by atoms with van der Waals surface area (Å²) in [5.74, 6) is -2.53. The Hall–Kier alpha value is -4.05. The number of carbonyl (C=O) groups is 3. The van der Waals surface area contributed by atoms with Crippen LogP contribution in [0.25, 0.3) is 0 Å². The fourth-order valence-electron chi connectivity index (χ4n) is 4.39. The molecule has 204 valence electrons. The normalized spacial score (nSPS) is 14.7. The zero-order valence-corrected chi connectivity index (χ0v) is 22.5. The lowest BCUT2D eigenvalue weighted by molar-refractivity contribution is -0.141.